The highest BCUT2D eigenvalue weighted by molar-refractivity contribution is 6.36. The van der Waals surface area contributed by atoms with Crippen molar-refractivity contribution in [1.82, 2.24) is 4.90 Å². The molecule has 23 heavy (non-hydrogen) atoms. The van der Waals surface area contributed by atoms with E-state index in [1.54, 1.807) is 23.1 Å². The number of phenolic OH excluding ortho intramolecular Hbond substituents is 1. The normalized spacial score (nSPS) is 15.8. The zero-order chi connectivity index (χ0) is 16.6. The Kier molecular flexibility index (Phi) is 4.13. The summed E-state index contributed by atoms with van der Waals surface area (Å²) in [6, 6.07) is 8.63. The molecule has 0 atom stereocenters. The number of hydrogen-bond donors (Lipinski definition) is 2. The molecule has 2 aromatic carbocycles. The number of halogens is 1. The number of primary amides is 1. The van der Waals surface area contributed by atoms with E-state index >= 15 is 0 Å². The van der Waals surface area contributed by atoms with Crippen molar-refractivity contribution in [3.63, 3.8) is 0 Å². The van der Waals surface area contributed by atoms with Gasteiger partial charge in [-0.05, 0) is 18.9 Å². The molecular weight excluding hydrogens is 316 g/mol. The van der Waals surface area contributed by atoms with Crippen molar-refractivity contribution in [3.8, 4) is 5.75 Å². The van der Waals surface area contributed by atoms with Gasteiger partial charge in [0.15, 0.2) is 0 Å². The number of nitrogens with two attached hydrogens (primary N) is 1. The van der Waals surface area contributed by atoms with Gasteiger partial charge < -0.3 is 15.7 Å². The molecule has 120 valence electrons. The Balaban J connectivity index is 1.90. The van der Waals surface area contributed by atoms with Gasteiger partial charge >= 0.3 is 0 Å². The van der Waals surface area contributed by atoms with Crippen molar-refractivity contribution in [2.45, 2.75) is 12.8 Å². The van der Waals surface area contributed by atoms with E-state index in [1.165, 1.54) is 6.07 Å². The monoisotopic (exact) mass is 332 g/mol. The molecule has 0 radical (unpaired) electrons. The molecule has 3 rings (SSSR count). The lowest BCUT2D eigenvalue weighted by molar-refractivity contribution is -0.123. The molecule has 0 spiro atoms. The number of benzene rings is 2. The Morgan fingerprint density at radius 2 is 1.78 bits per heavy atom. The fraction of sp³-hybridized carbons (Fsp3) is 0.294. The fourth-order valence-electron chi connectivity index (χ4n) is 3.02. The zero-order valence-corrected chi connectivity index (χ0v) is 13.2. The van der Waals surface area contributed by atoms with Crippen LogP contribution in [0.15, 0.2) is 30.3 Å². The van der Waals surface area contributed by atoms with E-state index in [0.717, 1.165) is 0 Å². The maximum absolute atomic E-state index is 12.7. The van der Waals surface area contributed by atoms with Gasteiger partial charge in [-0.3, -0.25) is 9.59 Å². The topological polar surface area (TPSA) is 83.6 Å². The largest absolute Gasteiger partial charge is 0.506 e. The predicted octanol–water partition coefficient (Wildman–Crippen LogP) is 2.54. The number of nitrogens with zero attached hydrogens (tertiary/aromatic N) is 1. The summed E-state index contributed by atoms with van der Waals surface area (Å²) in [6.45, 7) is 0.882. The maximum Gasteiger partial charge on any atom is 0.257 e. The zero-order valence-electron chi connectivity index (χ0n) is 12.5. The first-order valence-electron chi connectivity index (χ1n) is 7.48. The predicted molar refractivity (Wildman–Crippen MR) is 88.4 cm³/mol. The third-order valence-electron chi connectivity index (χ3n) is 4.38. The van der Waals surface area contributed by atoms with Crippen LogP contribution in [0.1, 0.15) is 23.2 Å². The summed E-state index contributed by atoms with van der Waals surface area (Å²) in [5.74, 6) is -0.855. The Labute approximate surface area is 138 Å². The number of rotatable bonds is 2. The van der Waals surface area contributed by atoms with Crippen LogP contribution in [0.5, 0.6) is 5.75 Å². The molecule has 3 N–H and O–H groups in total. The number of phenols is 1. The minimum Gasteiger partial charge on any atom is -0.506 e. The van der Waals surface area contributed by atoms with E-state index in [4.69, 9.17) is 17.3 Å². The number of carbonyl (C=O) groups excluding carboxylic acids is 2. The Morgan fingerprint density at radius 1 is 1.17 bits per heavy atom. The summed E-state index contributed by atoms with van der Waals surface area (Å²) in [6.07, 6.45) is 1.09. The molecule has 1 aliphatic rings. The van der Waals surface area contributed by atoms with E-state index < -0.39 is 0 Å². The third-order valence-corrected chi connectivity index (χ3v) is 4.69. The quantitative estimate of drug-likeness (QED) is 0.886. The summed E-state index contributed by atoms with van der Waals surface area (Å²) in [4.78, 5) is 25.5. The van der Waals surface area contributed by atoms with Gasteiger partial charge in [0, 0.05) is 34.8 Å². The van der Waals surface area contributed by atoms with E-state index in [2.05, 4.69) is 0 Å². The minimum atomic E-state index is -0.325. The standard InChI is InChI=1S/C17H17ClN2O3/c18-14-9-13(15(21)12-4-2-1-3-11(12)14)17(23)20-7-5-10(6-8-20)16(19)22/h1-4,9-10,21H,5-8H2,(H2,19,22). The third kappa shape index (κ3) is 2.84. The summed E-state index contributed by atoms with van der Waals surface area (Å²) >= 11 is 6.24. The van der Waals surface area contributed by atoms with Crippen molar-refractivity contribution in [3.05, 3.63) is 40.9 Å². The lowest BCUT2D eigenvalue weighted by Crippen LogP contribution is -2.41. The van der Waals surface area contributed by atoms with Gasteiger partial charge in [-0.25, -0.2) is 0 Å². The molecule has 0 unspecified atom stereocenters. The van der Waals surface area contributed by atoms with Crippen molar-refractivity contribution in [2.75, 3.05) is 13.1 Å². The van der Waals surface area contributed by atoms with Crippen molar-refractivity contribution >= 4 is 34.2 Å². The number of fused-ring (bicyclic) bond motifs is 1. The van der Waals surface area contributed by atoms with E-state index in [-0.39, 0.29) is 29.0 Å². The molecule has 1 saturated heterocycles. The lowest BCUT2D eigenvalue weighted by atomic mass is 9.95. The number of piperidine rings is 1. The smallest absolute Gasteiger partial charge is 0.257 e. The first kappa shape index (κ1) is 15.6. The van der Waals surface area contributed by atoms with Crippen molar-refractivity contribution in [2.24, 2.45) is 11.7 Å². The first-order valence-corrected chi connectivity index (χ1v) is 7.85. The average Bonchev–Trinajstić information content (AvgIpc) is 2.57. The summed E-state index contributed by atoms with van der Waals surface area (Å²) < 4.78 is 0. The summed E-state index contributed by atoms with van der Waals surface area (Å²) in [5, 5.41) is 12.1. The van der Waals surface area contributed by atoms with Crippen LogP contribution in [-0.4, -0.2) is 34.9 Å². The highest BCUT2D eigenvalue weighted by atomic mass is 35.5. The maximum atomic E-state index is 12.7. The van der Waals surface area contributed by atoms with Crippen molar-refractivity contribution < 1.29 is 14.7 Å². The SMILES string of the molecule is NC(=O)C1CCN(C(=O)c2cc(Cl)c3ccccc3c2O)CC1. The molecule has 2 aromatic rings. The molecule has 6 heteroatoms. The Morgan fingerprint density at radius 3 is 2.39 bits per heavy atom. The van der Waals surface area contributed by atoms with Crippen LogP contribution >= 0.6 is 11.6 Å². The number of likely N-dealkylation sites (tertiary alicyclic amines) is 1. The molecular formula is C17H17ClN2O3. The molecule has 5 nitrogen and oxygen atoms in total. The molecule has 1 aliphatic heterocycles. The fourth-order valence-corrected chi connectivity index (χ4v) is 3.29. The second-order valence-electron chi connectivity index (χ2n) is 5.77. The number of hydrogen-bond acceptors (Lipinski definition) is 3. The van der Waals surface area contributed by atoms with Crippen LogP contribution in [0, 0.1) is 5.92 Å². The molecule has 0 aliphatic carbocycles. The van der Waals surface area contributed by atoms with E-state index in [1.807, 2.05) is 6.07 Å². The molecule has 1 heterocycles. The number of carbonyl (C=O) groups is 2. The van der Waals surface area contributed by atoms with Crippen LogP contribution < -0.4 is 5.73 Å². The van der Waals surface area contributed by atoms with Crippen LogP contribution in [0.4, 0.5) is 0 Å². The van der Waals surface area contributed by atoms with E-state index in [0.29, 0.717) is 41.7 Å². The van der Waals surface area contributed by atoms with Crippen LogP contribution in [-0.2, 0) is 4.79 Å². The van der Waals surface area contributed by atoms with Crippen molar-refractivity contribution in [1.29, 1.82) is 0 Å². The van der Waals surface area contributed by atoms with Crippen LogP contribution in [0.25, 0.3) is 10.8 Å². The molecule has 1 fully saturated rings. The average molecular weight is 333 g/mol. The lowest BCUT2D eigenvalue weighted by Gasteiger charge is -2.31. The molecule has 2 amide bonds. The summed E-state index contributed by atoms with van der Waals surface area (Å²) in [7, 11) is 0. The Hall–Kier alpha value is -2.27. The van der Waals surface area contributed by atoms with E-state index in [9.17, 15) is 14.7 Å². The molecule has 0 saturated carbocycles. The number of aromatic hydroxyl groups is 1. The first-order chi connectivity index (χ1) is 11.0. The number of amides is 2. The summed E-state index contributed by atoms with van der Waals surface area (Å²) in [5.41, 5.74) is 5.49. The second kappa shape index (κ2) is 6.08. The Bertz CT molecular complexity index is 783. The van der Waals surface area contributed by atoms with Gasteiger partial charge in [-0.2, -0.15) is 0 Å². The van der Waals surface area contributed by atoms with Gasteiger partial charge in [0.1, 0.15) is 5.75 Å². The minimum absolute atomic E-state index is 0.0629. The highest BCUT2D eigenvalue weighted by Gasteiger charge is 2.28. The second-order valence-corrected chi connectivity index (χ2v) is 6.18. The van der Waals surface area contributed by atoms with Crippen LogP contribution in [0.3, 0.4) is 0 Å². The molecule has 0 aromatic heterocycles. The van der Waals surface area contributed by atoms with Crippen LogP contribution in [0.2, 0.25) is 5.02 Å². The molecule has 0 bridgehead atoms. The van der Waals surface area contributed by atoms with Gasteiger partial charge in [0.25, 0.3) is 5.91 Å². The van der Waals surface area contributed by atoms with Gasteiger partial charge in [0.05, 0.1) is 5.56 Å². The van der Waals surface area contributed by atoms with Gasteiger partial charge in [-0.1, -0.05) is 35.9 Å². The van der Waals surface area contributed by atoms with Gasteiger partial charge in [-0.15, -0.1) is 0 Å². The highest BCUT2D eigenvalue weighted by Crippen LogP contribution is 2.35. The van der Waals surface area contributed by atoms with Gasteiger partial charge in [0.2, 0.25) is 5.91 Å².